The normalized spacial score (nSPS) is 12.5. The van der Waals surface area contributed by atoms with Crippen molar-refractivity contribution in [1.82, 2.24) is 0 Å². The fraction of sp³-hybridized carbons (Fsp3) is 0.792. The second-order valence-corrected chi connectivity index (χ2v) is 22.7. The number of esters is 3. The molecule has 0 aliphatic heterocycles. The predicted molar refractivity (Wildman–Crippen MR) is 339 cm³/mol. The van der Waals surface area contributed by atoms with Gasteiger partial charge in [-0.15, -0.1) is 0 Å². The zero-order valence-electron chi connectivity index (χ0n) is 51.9. The summed E-state index contributed by atoms with van der Waals surface area (Å²) in [4.78, 5) is 38.3. The molecule has 0 spiro atoms. The molecular weight excluding hydrogens is 961 g/mol. The first-order chi connectivity index (χ1) is 38.5. The summed E-state index contributed by atoms with van der Waals surface area (Å²) in [6, 6.07) is 0. The van der Waals surface area contributed by atoms with E-state index < -0.39 is 6.10 Å². The third-order valence-electron chi connectivity index (χ3n) is 14.9. The first-order valence-electron chi connectivity index (χ1n) is 33.9. The molecule has 6 nitrogen and oxygen atoms in total. The monoisotopic (exact) mass is 1090 g/mol. The molecule has 0 aliphatic carbocycles. The third-order valence-corrected chi connectivity index (χ3v) is 14.9. The van der Waals surface area contributed by atoms with Crippen molar-refractivity contribution >= 4 is 17.9 Å². The smallest absolute Gasteiger partial charge is 0.306 e. The highest BCUT2D eigenvalue weighted by molar-refractivity contribution is 5.71. The molecule has 0 saturated heterocycles. The fourth-order valence-corrected chi connectivity index (χ4v) is 9.88. The van der Waals surface area contributed by atoms with Crippen molar-refractivity contribution in [1.29, 1.82) is 0 Å². The summed E-state index contributed by atoms with van der Waals surface area (Å²) in [5, 5.41) is 0. The molecule has 0 aromatic heterocycles. The van der Waals surface area contributed by atoms with E-state index in [4.69, 9.17) is 14.2 Å². The lowest BCUT2D eigenvalue weighted by Crippen LogP contribution is -2.30. The highest BCUT2D eigenvalue weighted by Gasteiger charge is 2.19. The first-order valence-corrected chi connectivity index (χ1v) is 33.9. The lowest BCUT2D eigenvalue weighted by molar-refractivity contribution is -0.167. The number of hydrogen-bond acceptors (Lipinski definition) is 6. The minimum atomic E-state index is -0.778. The second-order valence-electron chi connectivity index (χ2n) is 22.7. The molecule has 0 bridgehead atoms. The van der Waals surface area contributed by atoms with E-state index in [1.165, 1.54) is 212 Å². The molecule has 0 aromatic rings. The van der Waals surface area contributed by atoms with Gasteiger partial charge in [0.25, 0.3) is 0 Å². The van der Waals surface area contributed by atoms with Crippen molar-refractivity contribution in [3.8, 4) is 0 Å². The summed E-state index contributed by atoms with van der Waals surface area (Å²) in [6.07, 6.45) is 86.5. The SMILES string of the molecule is CC/C=C\C/C=C\C/C=C\C/C=C\CCCCCCCCCCC(=O)OC(COC(=O)CCCCCCCCCCCC)COC(=O)CCCCCCCCCCCCCCCCCCC/C=C\C/C=C\CCCCCCC. The molecule has 0 rings (SSSR count). The molecule has 452 valence electrons. The van der Waals surface area contributed by atoms with Crippen LogP contribution in [0.3, 0.4) is 0 Å². The number of ether oxygens (including phenoxy) is 3. The average molecular weight is 1090 g/mol. The molecule has 0 aliphatic rings. The number of allylic oxidation sites excluding steroid dienone is 12. The number of hydrogen-bond donors (Lipinski definition) is 0. The summed E-state index contributed by atoms with van der Waals surface area (Å²) >= 11 is 0. The zero-order chi connectivity index (χ0) is 56.4. The maximum atomic E-state index is 12.9. The standard InChI is InChI=1S/C72H128O6/c1-4-7-10-13-16-19-22-24-26-28-30-32-33-34-35-36-37-38-39-41-42-44-46-48-50-53-56-59-62-65-71(74)77-68-69(67-76-70(73)64-61-58-55-52-21-18-15-12-9-6-3)78-72(75)66-63-60-57-54-51-49-47-45-43-40-31-29-27-25-23-20-17-14-11-8-5-2/h8,11,17,20,22,24-25,27-28,30-31,40,69H,4-7,9-10,12-16,18-19,21,23,26,29,32-39,41-68H2,1-3H3/b11-8-,20-17-,24-22-,27-25-,30-28-,40-31-. The van der Waals surface area contributed by atoms with E-state index in [0.29, 0.717) is 19.3 Å². The van der Waals surface area contributed by atoms with Crippen LogP contribution in [0.1, 0.15) is 348 Å². The van der Waals surface area contributed by atoms with Crippen LogP contribution < -0.4 is 0 Å². The van der Waals surface area contributed by atoms with Crippen LogP contribution >= 0.6 is 0 Å². The van der Waals surface area contributed by atoms with Crippen LogP contribution in [0.2, 0.25) is 0 Å². The van der Waals surface area contributed by atoms with Gasteiger partial charge in [-0.1, -0.05) is 312 Å². The molecule has 0 N–H and O–H groups in total. The zero-order valence-corrected chi connectivity index (χ0v) is 51.9. The van der Waals surface area contributed by atoms with Gasteiger partial charge >= 0.3 is 17.9 Å². The molecule has 0 amide bonds. The van der Waals surface area contributed by atoms with Crippen LogP contribution in [0.15, 0.2) is 72.9 Å². The topological polar surface area (TPSA) is 78.9 Å². The van der Waals surface area contributed by atoms with Gasteiger partial charge in [0.2, 0.25) is 0 Å². The lowest BCUT2D eigenvalue weighted by atomic mass is 10.0. The maximum Gasteiger partial charge on any atom is 0.306 e. The summed E-state index contributed by atoms with van der Waals surface area (Å²) in [5.41, 5.74) is 0. The van der Waals surface area contributed by atoms with Gasteiger partial charge in [-0.05, 0) is 89.9 Å². The number of rotatable bonds is 62. The number of carbonyl (C=O) groups excluding carboxylic acids is 3. The van der Waals surface area contributed by atoms with Gasteiger partial charge in [-0.25, -0.2) is 0 Å². The Morgan fingerprint density at radius 3 is 0.782 bits per heavy atom. The molecule has 0 fully saturated rings. The van der Waals surface area contributed by atoms with Crippen LogP contribution in [0, 0.1) is 0 Å². The first kappa shape index (κ1) is 74.8. The highest BCUT2D eigenvalue weighted by atomic mass is 16.6. The van der Waals surface area contributed by atoms with Gasteiger partial charge in [0.15, 0.2) is 6.10 Å². The van der Waals surface area contributed by atoms with E-state index in [0.717, 1.165) is 96.3 Å². The predicted octanol–water partition coefficient (Wildman–Crippen LogP) is 23.3. The third kappa shape index (κ3) is 63.7. The van der Waals surface area contributed by atoms with Crippen LogP contribution in [0.4, 0.5) is 0 Å². The van der Waals surface area contributed by atoms with Crippen molar-refractivity contribution in [3.63, 3.8) is 0 Å². The summed E-state index contributed by atoms with van der Waals surface area (Å²) in [5.74, 6) is -0.866. The Hall–Kier alpha value is -3.15. The molecule has 78 heavy (non-hydrogen) atoms. The van der Waals surface area contributed by atoms with Gasteiger partial charge in [0.1, 0.15) is 13.2 Å². The molecule has 0 heterocycles. The molecular formula is C72H128O6. The molecule has 0 saturated carbocycles. The lowest BCUT2D eigenvalue weighted by Gasteiger charge is -2.18. The highest BCUT2D eigenvalue weighted by Crippen LogP contribution is 2.17. The van der Waals surface area contributed by atoms with Crippen LogP contribution in [0.5, 0.6) is 0 Å². The van der Waals surface area contributed by atoms with Gasteiger partial charge in [0, 0.05) is 19.3 Å². The molecule has 0 aromatic carbocycles. The molecule has 1 unspecified atom stereocenters. The summed E-state index contributed by atoms with van der Waals surface area (Å²) in [6.45, 7) is 6.54. The number of carbonyl (C=O) groups is 3. The Morgan fingerprint density at radius 2 is 0.500 bits per heavy atom. The number of unbranched alkanes of at least 4 members (excludes halogenated alkanes) is 39. The average Bonchev–Trinajstić information content (AvgIpc) is 3.44. The Kier molecular flexibility index (Phi) is 63.7. The Morgan fingerprint density at radius 1 is 0.269 bits per heavy atom. The van der Waals surface area contributed by atoms with E-state index in [1.54, 1.807) is 0 Å². The summed E-state index contributed by atoms with van der Waals surface area (Å²) in [7, 11) is 0. The van der Waals surface area contributed by atoms with Gasteiger partial charge in [-0.3, -0.25) is 14.4 Å². The van der Waals surface area contributed by atoms with Crippen LogP contribution in [-0.2, 0) is 28.6 Å². The van der Waals surface area contributed by atoms with E-state index in [-0.39, 0.29) is 31.1 Å². The fourth-order valence-electron chi connectivity index (χ4n) is 9.88. The molecule has 1 atom stereocenters. The Labute approximate surface area is 484 Å². The molecule has 0 radical (unpaired) electrons. The van der Waals surface area contributed by atoms with Crippen LogP contribution in [0.25, 0.3) is 0 Å². The Bertz CT molecular complexity index is 1440. The van der Waals surface area contributed by atoms with Gasteiger partial charge in [-0.2, -0.15) is 0 Å². The van der Waals surface area contributed by atoms with E-state index >= 15 is 0 Å². The second kappa shape index (κ2) is 66.4. The molecule has 6 heteroatoms. The summed E-state index contributed by atoms with van der Waals surface area (Å²) < 4.78 is 16.9. The Balaban J connectivity index is 4.17. The van der Waals surface area contributed by atoms with Crippen molar-refractivity contribution < 1.29 is 28.6 Å². The van der Waals surface area contributed by atoms with Crippen molar-refractivity contribution in [3.05, 3.63) is 72.9 Å². The van der Waals surface area contributed by atoms with E-state index in [1.807, 2.05) is 0 Å². The van der Waals surface area contributed by atoms with Crippen molar-refractivity contribution in [2.75, 3.05) is 13.2 Å². The van der Waals surface area contributed by atoms with Gasteiger partial charge in [0.05, 0.1) is 0 Å². The largest absolute Gasteiger partial charge is 0.462 e. The maximum absolute atomic E-state index is 12.9. The minimum Gasteiger partial charge on any atom is -0.462 e. The minimum absolute atomic E-state index is 0.0747. The van der Waals surface area contributed by atoms with E-state index in [2.05, 4.69) is 93.7 Å². The quantitative estimate of drug-likeness (QED) is 0.0261. The van der Waals surface area contributed by atoms with Crippen molar-refractivity contribution in [2.24, 2.45) is 0 Å². The van der Waals surface area contributed by atoms with Crippen molar-refractivity contribution in [2.45, 2.75) is 354 Å². The van der Waals surface area contributed by atoms with Crippen LogP contribution in [-0.4, -0.2) is 37.2 Å². The van der Waals surface area contributed by atoms with E-state index in [9.17, 15) is 14.4 Å². The van der Waals surface area contributed by atoms with Gasteiger partial charge < -0.3 is 14.2 Å².